The molecule has 1 amide bonds. The number of aromatic nitrogens is 2. The highest BCUT2D eigenvalue weighted by atomic mass is 32.2. The molecule has 0 fully saturated rings. The summed E-state index contributed by atoms with van der Waals surface area (Å²) in [6, 6.07) is 7.42. The van der Waals surface area contributed by atoms with Gasteiger partial charge in [-0.25, -0.2) is 23.1 Å². The second-order valence-corrected chi connectivity index (χ2v) is 7.44. The Balaban J connectivity index is 1.71. The van der Waals surface area contributed by atoms with Crippen LogP contribution in [0.1, 0.15) is 11.4 Å². The zero-order valence-electron chi connectivity index (χ0n) is 14.7. The fraction of sp³-hybridized carbons (Fsp3) is 0.235. The number of carbonyl (C=O) groups excluding carboxylic acids is 1. The van der Waals surface area contributed by atoms with Crippen LogP contribution < -0.4 is 10.0 Å². The molecule has 2 heterocycles. The third kappa shape index (κ3) is 4.73. The van der Waals surface area contributed by atoms with Crippen molar-refractivity contribution in [3.8, 4) is 0 Å². The molecule has 27 heavy (non-hydrogen) atoms. The molecule has 0 radical (unpaired) electrons. The van der Waals surface area contributed by atoms with Crippen molar-refractivity contribution in [2.24, 2.45) is 0 Å². The van der Waals surface area contributed by atoms with Crippen LogP contribution >= 0.6 is 0 Å². The Hall–Kier alpha value is -3.14. The van der Waals surface area contributed by atoms with Gasteiger partial charge in [0.2, 0.25) is 11.7 Å². The molecule has 1 aliphatic heterocycles. The Kier molecular flexibility index (Phi) is 5.26. The number of hydrogen-bond donors (Lipinski definition) is 2. The van der Waals surface area contributed by atoms with Crippen LogP contribution in [0.15, 0.2) is 47.2 Å². The predicted octanol–water partition coefficient (Wildman–Crippen LogP) is 1.72. The van der Waals surface area contributed by atoms with Gasteiger partial charge in [0.05, 0.1) is 4.90 Å². The predicted molar refractivity (Wildman–Crippen MR) is 97.4 cm³/mol. The third-order valence-corrected chi connectivity index (χ3v) is 4.85. The van der Waals surface area contributed by atoms with Crippen molar-refractivity contribution in [1.82, 2.24) is 9.97 Å². The maximum Gasteiger partial charge on any atom is 0.294 e. The van der Waals surface area contributed by atoms with Gasteiger partial charge in [0.1, 0.15) is 19.5 Å². The van der Waals surface area contributed by atoms with E-state index < -0.39 is 15.9 Å². The van der Waals surface area contributed by atoms with Crippen LogP contribution in [-0.4, -0.2) is 37.5 Å². The van der Waals surface area contributed by atoms with Crippen molar-refractivity contribution in [1.29, 1.82) is 0 Å². The maximum absolute atomic E-state index is 12.5. The Bertz CT molecular complexity index is 967. The van der Waals surface area contributed by atoms with E-state index in [4.69, 9.17) is 9.47 Å². The fourth-order valence-corrected chi connectivity index (χ4v) is 3.29. The molecule has 0 saturated carbocycles. The van der Waals surface area contributed by atoms with Crippen LogP contribution in [0.2, 0.25) is 0 Å². The van der Waals surface area contributed by atoms with Crippen LogP contribution in [0.25, 0.3) is 0 Å². The fourth-order valence-electron chi connectivity index (χ4n) is 2.35. The van der Waals surface area contributed by atoms with Crippen LogP contribution in [0, 0.1) is 13.8 Å². The maximum atomic E-state index is 12.5. The van der Waals surface area contributed by atoms with E-state index in [1.165, 1.54) is 30.5 Å². The Morgan fingerprint density at radius 2 is 1.74 bits per heavy atom. The molecule has 0 atom stereocenters. The molecule has 0 saturated heterocycles. The van der Waals surface area contributed by atoms with Crippen molar-refractivity contribution in [2.75, 3.05) is 23.3 Å². The molecule has 10 heteroatoms. The molecule has 142 valence electrons. The van der Waals surface area contributed by atoms with Crippen LogP contribution in [0.5, 0.6) is 0 Å². The minimum atomic E-state index is -3.86. The van der Waals surface area contributed by atoms with Gasteiger partial charge in [-0.3, -0.25) is 4.79 Å². The molecule has 2 N–H and O–H groups in total. The van der Waals surface area contributed by atoms with E-state index in [0.717, 1.165) is 0 Å². The van der Waals surface area contributed by atoms with Crippen molar-refractivity contribution in [3.63, 3.8) is 0 Å². The topological polar surface area (TPSA) is 120 Å². The third-order valence-electron chi connectivity index (χ3n) is 3.50. The van der Waals surface area contributed by atoms with Crippen LogP contribution in [-0.2, 0) is 24.3 Å². The van der Waals surface area contributed by atoms with Crippen molar-refractivity contribution in [3.05, 3.63) is 53.7 Å². The highest BCUT2D eigenvalue weighted by Gasteiger charge is 2.18. The average Bonchev–Trinajstić information content (AvgIpc) is 2.61. The largest absolute Gasteiger partial charge is 0.494 e. The first-order valence-corrected chi connectivity index (χ1v) is 9.53. The van der Waals surface area contributed by atoms with E-state index >= 15 is 0 Å². The van der Waals surface area contributed by atoms with E-state index in [-0.39, 0.29) is 16.6 Å². The molecule has 2 aromatic rings. The zero-order valence-corrected chi connectivity index (χ0v) is 15.5. The standard InChI is InChI=1S/C17H18N4O5S/c1-11-9-12(2)19-17(18-11)21-27(23,24)14-5-3-13(4-6-14)20-16(22)15-10-25-7-8-26-15/h3-6,9-10H,7-8H2,1-2H3,(H,20,22)(H,18,19,21). The lowest BCUT2D eigenvalue weighted by molar-refractivity contribution is -0.117. The van der Waals surface area contributed by atoms with E-state index in [1.807, 2.05) is 0 Å². The lowest BCUT2D eigenvalue weighted by atomic mass is 10.3. The summed E-state index contributed by atoms with van der Waals surface area (Å²) in [5, 5.41) is 2.60. The second-order valence-electron chi connectivity index (χ2n) is 5.76. The summed E-state index contributed by atoms with van der Waals surface area (Å²) in [5.74, 6) is -0.412. The second kappa shape index (κ2) is 7.62. The van der Waals surface area contributed by atoms with Gasteiger partial charge in [0, 0.05) is 17.1 Å². The number of benzene rings is 1. The number of nitrogens with zero attached hydrogens (tertiary/aromatic N) is 2. The molecule has 0 aliphatic carbocycles. The van der Waals surface area contributed by atoms with E-state index in [2.05, 4.69) is 20.0 Å². The summed E-state index contributed by atoms with van der Waals surface area (Å²) in [5.41, 5.74) is 1.72. The lowest BCUT2D eigenvalue weighted by Crippen LogP contribution is -2.21. The van der Waals surface area contributed by atoms with Crippen molar-refractivity contribution in [2.45, 2.75) is 18.7 Å². The van der Waals surface area contributed by atoms with Crippen LogP contribution in [0.3, 0.4) is 0 Å². The van der Waals surface area contributed by atoms with Gasteiger partial charge in [-0.1, -0.05) is 0 Å². The Morgan fingerprint density at radius 1 is 1.07 bits per heavy atom. The highest BCUT2D eigenvalue weighted by molar-refractivity contribution is 7.92. The molecule has 0 unspecified atom stereocenters. The van der Waals surface area contributed by atoms with Gasteiger partial charge in [0.15, 0.2) is 0 Å². The number of amides is 1. The smallest absolute Gasteiger partial charge is 0.294 e. The molecule has 3 rings (SSSR count). The quantitative estimate of drug-likeness (QED) is 0.798. The van der Waals surface area contributed by atoms with Gasteiger partial charge >= 0.3 is 0 Å². The molecule has 1 aromatic heterocycles. The van der Waals surface area contributed by atoms with E-state index in [0.29, 0.717) is 30.3 Å². The van der Waals surface area contributed by atoms with Crippen molar-refractivity contribution >= 4 is 27.6 Å². The SMILES string of the molecule is Cc1cc(C)nc(NS(=O)(=O)c2ccc(NC(=O)C3=COCCO3)cc2)n1. The summed E-state index contributed by atoms with van der Waals surface area (Å²) in [6.07, 6.45) is 1.24. The summed E-state index contributed by atoms with van der Waals surface area (Å²) in [4.78, 5) is 20.2. The van der Waals surface area contributed by atoms with Crippen LogP contribution in [0.4, 0.5) is 11.6 Å². The summed E-state index contributed by atoms with van der Waals surface area (Å²) in [6.45, 7) is 4.18. The number of rotatable bonds is 5. The molecule has 9 nitrogen and oxygen atoms in total. The molecular formula is C17H18N4O5S. The molecule has 1 aromatic carbocycles. The lowest BCUT2D eigenvalue weighted by Gasteiger charge is -2.15. The summed E-state index contributed by atoms with van der Waals surface area (Å²) >= 11 is 0. The van der Waals surface area contributed by atoms with E-state index in [1.54, 1.807) is 19.9 Å². The average molecular weight is 390 g/mol. The highest BCUT2D eigenvalue weighted by Crippen LogP contribution is 2.18. The number of hydrogen-bond acceptors (Lipinski definition) is 7. The molecule has 1 aliphatic rings. The first kappa shape index (κ1) is 18.6. The number of aryl methyl sites for hydroxylation is 2. The monoisotopic (exact) mass is 390 g/mol. The van der Waals surface area contributed by atoms with Gasteiger partial charge in [-0.05, 0) is 44.2 Å². The minimum absolute atomic E-state index is 0.00580. The zero-order chi connectivity index (χ0) is 19.4. The van der Waals surface area contributed by atoms with E-state index in [9.17, 15) is 13.2 Å². The Labute approximate surface area is 156 Å². The number of anilines is 2. The van der Waals surface area contributed by atoms with Gasteiger partial charge in [0.25, 0.3) is 15.9 Å². The first-order valence-electron chi connectivity index (χ1n) is 8.04. The minimum Gasteiger partial charge on any atom is -0.494 e. The van der Waals surface area contributed by atoms with Crippen molar-refractivity contribution < 1.29 is 22.7 Å². The first-order chi connectivity index (χ1) is 12.8. The molecular weight excluding hydrogens is 372 g/mol. The number of sulfonamides is 1. The summed E-state index contributed by atoms with van der Waals surface area (Å²) in [7, 11) is -3.86. The van der Waals surface area contributed by atoms with Gasteiger partial charge < -0.3 is 14.8 Å². The summed E-state index contributed by atoms with van der Waals surface area (Å²) < 4.78 is 37.5. The Morgan fingerprint density at radius 3 is 2.33 bits per heavy atom. The van der Waals surface area contributed by atoms with Gasteiger partial charge in [-0.15, -0.1) is 0 Å². The van der Waals surface area contributed by atoms with Gasteiger partial charge in [-0.2, -0.15) is 0 Å². The number of carbonyl (C=O) groups is 1. The number of nitrogens with one attached hydrogen (secondary N) is 2. The normalized spacial score (nSPS) is 13.8. The molecule has 0 bridgehead atoms. The number of ether oxygens (including phenoxy) is 2. The molecule has 0 spiro atoms.